The Morgan fingerprint density at radius 3 is 2.20 bits per heavy atom. The van der Waals surface area contributed by atoms with E-state index in [0.717, 1.165) is 54.9 Å². The maximum Gasteiger partial charge on any atom is 0.126 e. The normalized spacial score (nSPS) is 19.3. The Balaban J connectivity index is 1.27. The molecular formula is C26H36N2O2. The molecule has 0 aliphatic heterocycles. The van der Waals surface area contributed by atoms with Crippen molar-refractivity contribution in [2.75, 3.05) is 26.7 Å². The maximum atomic E-state index is 9.12. The molecule has 0 heterocycles. The second-order valence-corrected chi connectivity index (χ2v) is 8.29. The molecule has 0 radical (unpaired) electrons. The quantitative estimate of drug-likeness (QED) is 0.483. The molecule has 0 aromatic heterocycles. The average molecular weight is 409 g/mol. The monoisotopic (exact) mass is 408 g/mol. The van der Waals surface area contributed by atoms with Crippen molar-refractivity contribution in [3.8, 4) is 5.75 Å². The van der Waals surface area contributed by atoms with E-state index >= 15 is 0 Å². The van der Waals surface area contributed by atoms with E-state index in [0.29, 0.717) is 0 Å². The van der Waals surface area contributed by atoms with Crippen molar-refractivity contribution in [3.63, 3.8) is 0 Å². The van der Waals surface area contributed by atoms with E-state index < -0.39 is 0 Å². The van der Waals surface area contributed by atoms with Gasteiger partial charge < -0.3 is 20.5 Å². The molecule has 0 amide bonds. The minimum Gasteiger partial charge on any atom is -0.496 e. The molecule has 0 unspecified atom stereocenters. The van der Waals surface area contributed by atoms with Crippen molar-refractivity contribution in [3.05, 3.63) is 71.3 Å². The van der Waals surface area contributed by atoms with E-state index in [1.165, 1.54) is 31.2 Å². The summed E-state index contributed by atoms with van der Waals surface area (Å²) in [5.74, 6) is 2.51. The van der Waals surface area contributed by atoms with Crippen LogP contribution in [0.1, 0.15) is 42.4 Å². The van der Waals surface area contributed by atoms with Crippen molar-refractivity contribution in [1.82, 2.24) is 10.6 Å². The van der Waals surface area contributed by atoms with Gasteiger partial charge in [-0.2, -0.15) is 0 Å². The van der Waals surface area contributed by atoms with E-state index in [1.807, 2.05) is 30.3 Å². The van der Waals surface area contributed by atoms with Crippen molar-refractivity contribution in [2.45, 2.75) is 38.8 Å². The van der Waals surface area contributed by atoms with Gasteiger partial charge in [0.05, 0.1) is 13.7 Å². The van der Waals surface area contributed by atoms with Gasteiger partial charge in [-0.25, -0.2) is 0 Å². The van der Waals surface area contributed by atoms with Crippen LogP contribution in [0.2, 0.25) is 0 Å². The zero-order valence-electron chi connectivity index (χ0n) is 18.1. The van der Waals surface area contributed by atoms with Gasteiger partial charge in [-0.05, 0) is 67.8 Å². The summed E-state index contributed by atoms with van der Waals surface area (Å²) in [4.78, 5) is 0. The Labute approximate surface area is 181 Å². The van der Waals surface area contributed by atoms with Gasteiger partial charge in [-0.15, -0.1) is 0 Å². The lowest BCUT2D eigenvalue weighted by Crippen LogP contribution is -2.30. The van der Waals surface area contributed by atoms with Gasteiger partial charge in [0.2, 0.25) is 0 Å². The topological polar surface area (TPSA) is 53.5 Å². The lowest BCUT2D eigenvalue weighted by molar-refractivity contribution is 0.263. The van der Waals surface area contributed by atoms with Crippen LogP contribution in [0.4, 0.5) is 0 Å². The van der Waals surface area contributed by atoms with Gasteiger partial charge in [0.15, 0.2) is 0 Å². The Morgan fingerprint density at radius 2 is 1.53 bits per heavy atom. The van der Waals surface area contributed by atoms with E-state index in [1.54, 1.807) is 7.11 Å². The third kappa shape index (κ3) is 7.28. The number of rotatable bonds is 11. The van der Waals surface area contributed by atoms with Crippen molar-refractivity contribution >= 4 is 6.08 Å². The third-order valence-corrected chi connectivity index (χ3v) is 6.07. The summed E-state index contributed by atoms with van der Waals surface area (Å²) in [7, 11) is 1.71. The van der Waals surface area contributed by atoms with E-state index in [2.05, 4.69) is 41.0 Å². The number of aliphatic hydroxyl groups is 1. The summed E-state index contributed by atoms with van der Waals surface area (Å²) in [6.07, 6.45) is 9.59. The molecule has 0 saturated heterocycles. The Bertz CT molecular complexity index is 765. The molecule has 1 saturated carbocycles. The number of ether oxygens (including phenoxy) is 1. The molecule has 0 bridgehead atoms. The van der Waals surface area contributed by atoms with E-state index in [9.17, 15) is 0 Å². The van der Waals surface area contributed by atoms with Crippen LogP contribution in [0.5, 0.6) is 5.75 Å². The highest BCUT2D eigenvalue weighted by Crippen LogP contribution is 2.28. The highest BCUT2D eigenvalue weighted by molar-refractivity contribution is 5.57. The molecule has 3 rings (SSSR count). The van der Waals surface area contributed by atoms with Gasteiger partial charge in [-0.3, -0.25) is 0 Å². The smallest absolute Gasteiger partial charge is 0.126 e. The Morgan fingerprint density at radius 1 is 0.900 bits per heavy atom. The number of hydrogen-bond acceptors (Lipinski definition) is 4. The second-order valence-electron chi connectivity index (χ2n) is 8.29. The minimum atomic E-state index is 0.115. The summed E-state index contributed by atoms with van der Waals surface area (Å²) in [6, 6.07) is 16.3. The van der Waals surface area contributed by atoms with Gasteiger partial charge >= 0.3 is 0 Å². The number of nitrogens with one attached hydrogen (secondary N) is 2. The first-order chi connectivity index (χ1) is 14.8. The fourth-order valence-corrected chi connectivity index (χ4v) is 4.18. The molecule has 1 aliphatic carbocycles. The number of aliphatic hydroxyl groups excluding tert-OH is 1. The van der Waals surface area contributed by atoms with Crippen LogP contribution >= 0.6 is 0 Å². The van der Waals surface area contributed by atoms with Gasteiger partial charge in [0.1, 0.15) is 5.75 Å². The summed E-state index contributed by atoms with van der Waals surface area (Å²) < 4.78 is 5.38. The second kappa shape index (κ2) is 12.5. The van der Waals surface area contributed by atoms with Gasteiger partial charge in [0, 0.05) is 18.7 Å². The Hall–Kier alpha value is -2.14. The van der Waals surface area contributed by atoms with Crippen LogP contribution in [-0.4, -0.2) is 31.9 Å². The lowest BCUT2D eigenvalue weighted by atomic mass is 9.82. The Kier molecular flexibility index (Phi) is 9.42. The SMILES string of the molecule is COc1ccccc1/C=C\CNCC1CCC(CNCc2ccc(CO)cc2)CC1. The van der Waals surface area contributed by atoms with Crippen LogP contribution in [0.15, 0.2) is 54.6 Å². The predicted molar refractivity (Wildman–Crippen MR) is 124 cm³/mol. The third-order valence-electron chi connectivity index (χ3n) is 6.07. The molecule has 30 heavy (non-hydrogen) atoms. The molecule has 4 nitrogen and oxygen atoms in total. The van der Waals surface area contributed by atoms with Crippen LogP contribution in [0.25, 0.3) is 6.08 Å². The van der Waals surface area contributed by atoms with E-state index in [-0.39, 0.29) is 6.61 Å². The van der Waals surface area contributed by atoms with Crippen molar-refractivity contribution < 1.29 is 9.84 Å². The standard InChI is InChI=1S/C26H36N2O2/c1-30-26-7-3-2-5-25(26)6-4-16-27-17-21-8-10-22(11-9-21)18-28-19-23-12-14-24(20-29)15-13-23/h2-7,12-15,21-22,27-29H,8-11,16-20H2,1H3/b6-4-. The number of para-hydroxylation sites is 1. The average Bonchev–Trinajstić information content (AvgIpc) is 2.80. The summed E-state index contributed by atoms with van der Waals surface area (Å²) in [6.45, 7) is 4.13. The van der Waals surface area contributed by atoms with Crippen molar-refractivity contribution in [1.29, 1.82) is 0 Å². The minimum absolute atomic E-state index is 0.115. The van der Waals surface area contributed by atoms with Crippen molar-refractivity contribution in [2.24, 2.45) is 11.8 Å². The molecule has 0 atom stereocenters. The number of benzene rings is 2. The first-order valence-electron chi connectivity index (χ1n) is 11.2. The first-order valence-corrected chi connectivity index (χ1v) is 11.2. The van der Waals surface area contributed by atoms with Crippen LogP contribution < -0.4 is 15.4 Å². The first kappa shape index (κ1) is 22.5. The van der Waals surface area contributed by atoms with Crippen LogP contribution in [0, 0.1) is 11.8 Å². The lowest BCUT2D eigenvalue weighted by Gasteiger charge is -2.28. The summed E-state index contributed by atoms with van der Waals surface area (Å²) >= 11 is 0. The molecule has 1 aliphatic rings. The van der Waals surface area contributed by atoms with Gasteiger partial charge in [-0.1, -0.05) is 54.6 Å². The zero-order chi connectivity index (χ0) is 21.0. The van der Waals surface area contributed by atoms with Crippen LogP contribution in [0.3, 0.4) is 0 Å². The highest BCUT2D eigenvalue weighted by Gasteiger charge is 2.20. The van der Waals surface area contributed by atoms with Gasteiger partial charge in [0.25, 0.3) is 0 Å². The van der Waals surface area contributed by atoms with Crippen LogP contribution in [-0.2, 0) is 13.2 Å². The number of methoxy groups -OCH3 is 1. The summed E-state index contributed by atoms with van der Waals surface area (Å²) in [5.41, 5.74) is 3.38. The molecule has 0 spiro atoms. The van der Waals surface area contributed by atoms with E-state index in [4.69, 9.17) is 9.84 Å². The molecule has 2 aromatic rings. The zero-order valence-corrected chi connectivity index (χ0v) is 18.1. The molecule has 2 aromatic carbocycles. The summed E-state index contributed by atoms with van der Waals surface area (Å²) in [5, 5.41) is 16.3. The molecule has 4 heteroatoms. The predicted octanol–water partition coefficient (Wildman–Crippen LogP) is 4.39. The fourth-order valence-electron chi connectivity index (χ4n) is 4.18. The fraction of sp³-hybridized carbons (Fsp3) is 0.462. The molecule has 162 valence electrons. The number of hydrogen-bond donors (Lipinski definition) is 3. The molecular weight excluding hydrogens is 372 g/mol. The highest BCUT2D eigenvalue weighted by atomic mass is 16.5. The maximum absolute atomic E-state index is 9.12. The molecule has 1 fully saturated rings. The largest absolute Gasteiger partial charge is 0.496 e. The molecule has 3 N–H and O–H groups in total.